The minimum Gasteiger partial charge on any atom is -0.372 e. The number of hydrogen-bond acceptors (Lipinski definition) is 4. The highest BCUT2D eigenvalue weighted by atomic mass is 32.2. The molecule has 0 bridgehead atoms. The summed E-state index contributed by atoms with van der Waals surface area (Å²) in [6.07, 6.45) is -3.79. The van der Waals surface area contributed by atoms with E-state index in [-0.39, 0.29) is 6.54 Å². The average molecular weight is 365 g/mol. The number of aldehydes is 1. The van der Waals surface area contributed by atoms with Gasteiger partial charge in [0.1, 0.15) is 12.4 Å². The lowest BCUT2D eigenvalue weighted by molar-refractivity contribution is -0.140. The summed E-state index contributed by atoms with van der Waals surface area (Å²) in [6, 6.07) is 3.24. The SMILES string of the molecule is COC(C=O)C1CCCCN1S(=O)(=O)c1ccccc1C(F)(F)F. The highest BCUT2D eigenvalue weighted by Gasteiger charge is 2.43. The van der Waals surface area contributed by atoms with E-state index in [1.807, 2.05) is 0 Å². The lowest BCUT2D eigenvalue weighted by Crippen LogP contribution is -2.51. The Balaban J connectivity index is 2.51. The van der Waals surface area contributed by atoms with Crippen molar-refractivity contribution in [2.24, 2.45) is 0 Å². The third-order valence-electron chi connectivity index (χ3n) is 4.06. The van der Waals surface area contributed by atoms with Crippen LogP contribution in [0.5, 0.6) is 0 Å². The number of nitrogens with zero attached hydrogens (tertiary/aromatic N) is 1. The zero-order valence-corrected chi connectivity index (χ0v) is 13.8. The highest BCUT2D eigenvalue weighted by molar-refractivity contribution is 7.89. The Kier molecular flexibility index (Phi) is 5.67. The van der Waals surface area contributed by atoms with E-state index in [4.69, 9.17) is 4.74 Å². The van der Waals surface area contributed by atoms with E-state index in [1.54, 1.807) is 0 Å². The van der Waals surface area contributed by atoms with Crippen molar-refractivity contribution in [2.45, 2.75) is 42.5 Å². The van der Waals surface area contributed by atoms with E-state index in [2.05, 4.69) is 0 Å². The number of ether oxygens (including phenoxy) is 1. The Morgan fingerprint density at radius 3 is 2.54 bits per heavy atom. The molecular weight excluding hydrogens is 347 g/mol. The van der Waals surface area contributed by atoms with Crippen LogP contribution >= 0.6 is 0 Å². The smallest absolute Gasteiger partial charge is 0.372 e. The molecule has 0 aliphatic carbocycles. The molecule has 0 aromatic heterocycles. The van der Waals surface area contributed by atoms with Gasteiger partial charge in [0.15, 0.2) is 0 Å². The van der Waals surface area contributed by atoms with Crippen LogP contribution in [-0.2, 0) is 25.7 Å². The number of hydrogen-bond donors (Lipinski definition) is 0. The largest absolute Gasteiger partial charge is 0.417 e. The van der Waals surface area contributed by atoms with Gasteiger partial charge in [-0.15, -0.1) is 0 Å². The topological polar surface area (TPSA) is 63.7 Å². The molecule has 2 atom stereocenters. The molecule has 0 amide bonds. The Bertz CT molecular complexity index is 690. The van der Waals surface area contributed by atoms with Crippen molar-refractivity contribution in [1.82, 2.24) is 4.31 Å². The van der Waals surface area contributed by atoms with Gasteiger partial charge < -0.3 is 9.53 Å². The molecule has 1 aliphatic rings. The van der Waals surface area contributed by atoms with Gasteiger partial charge in [-0.2, -0.15) is 17.5 Å². The van der Waals surface area contributed by atoms with Gasteiger partial charge in [-0.05, 0) is 25.0 Å². The van der Waals surface area contributed by atoms with Crippen LogP contribution in [-0.4, -0.2) is 44.8 Å². The van der Waals surface area contributed by atoms with Crippen molar-refractivity contribution in [3.63, 3.8) is 0 Å². The van der Waals surface area contributed by atoms with Gasteiger partial charge in [-0.25, -0.2) is 8.42 Å². The number of rotatable bonds is 5. The first-order valence-electron chi connectivity index (χ1n) is 7.39. The fourth-order valence-electron chi connectivity index (χ4n) is 2.91. The van der Waals surface area contributed by atoms with Crippen molar-refractivity contribution >= 4 is 16.3 Å². The number of piperidine rings is 1. The lowest BCUT2D eigenvalue weighted by atomic mass is 10.0. The van der Waals surface area contributed by atoms with Gasteiger partial charge in [0.05, 0.1) is 16.5 Å². The molecule has 1 heterocycles. The van der Waals surface area contributed by atoms with Gasteiger partial charge >= 0.3 is 6.18 Å². The second kappa shape index (κ2) is 7.20. The zero-order valence-electron chi connectivity index (χ0n) is 13.0. The number of carbonyl (C=O) groups excluding carboxylic acids is 1. The van der Waals surface area contributed by atoms with Crippen molar-refractivity contribution < 1.29 is 31.1 Å². The number of methoxy groups -OCH3 is 1. The van der Waals surface area contributed by atoms with Crippen LogP contribution < -0.4 is 0 Å². The van der Waals surface area contributed by atoms with E-state index in [0.717, 1.165) is 22.5 Å². The van der Waals surface area contributed by atoms with Crippen molar-refractivity contribution in [2.75, 3.05) is 13.7 Å². The summed E-state index contributed by atoms with van der Waals surface area (Å²) >= 11 is 0. The van der Waals surface area contributed by atoms with E-state index in [1.165, 1.54) is 13.2 Å². The monoisotopic (exact) mass is 365 g/mol. The summed E-state index contributed by atoms with van der Waals surface area (Å²) in [6.45, 7) is 0.0485. The van der Waals surface area contributed by atoms with E-state index >= 15 is 0 Å². The van der Waals surface area contributed by atoms with Crippen molar-refractivity contribution in [3.05, 3.63) is 29.8 Å². The van der Waals surface area contributed by atoms with Crippen LogP contribution in [0.15, 0.2) is 29.2 Å². The fraction of sp³-hybridized carbons (Fsp3) is 0.533. The maximum atomic E-state index is 13.2. The number of halogens is 3. The molecule has 1 saturated heterocycles. The number of alkyl halides is 3. The second-order valence-corrected chi connectivity index (χ2v) is 7.37. The second-order valence-electron chi connectivity index (χ2n) is 5.51. The summed E-state index contributed by atoms with van der Waals surface area (Å²) < 4.78 is 71.2. The van der Waals surface area contributed by atoms with Gasteiger partial charge in [0.25, 0.3) is 0 Å². The molecule has 0 N–H and O–H groups in total. The molecule has 0 spiro atoms. The Morgan fingerprint density at radius 1 is 1.29 bits per heavy atom. The van der Waals surface area contributed by atoms with E-state index in [0.29, 0.717) is 25.5 Å². The number of benzene rings is 1. The predicted octanol–water partition coefficient (Wildman–Crippen LogP) is 2.46. The quantitative estimate of drug-likeness (QED) is 0.752. The molecule has 2 rings (SSSR count). The molecule has 2 unspecified atom stereocenters. The molecule has 24 heavy (non-hydrogen) atoms. The Labute approximate surface area is 138 Å². The molecule has 1 aliphatic heterocycles. The summed E-state index contributed by atoms with van der Waals surface area (Å²) in [5.41, 5.74) is -1.21. The van der Waals surface area contributed by atoms with Crippen LogP contribution in [0.2, 0.25) is 0 Å². The van der Waals surface area contributed by atoms with Crippen LogP contribution in [0.25, 0.3) is 0 Å². The first kappa shape index (κ1) is 18.9. The molecule has 1 aromatic rings. The minimum atomic E-state index is -4.79. The van der Waals surface area contributed by atoms with Crippen LogP contribution in [0.3, 0.4) is 0 Å². The van der Waals surface area contributed by atoms with Gasteiger partial charge in [0, 0.05) is 13.7 Å². The van der Waals surface area contributed by atoms with Crippen LogP contribution in [0.4, 0.5) is 13.2 Å². The van der Waals surface area contributed by atoms with Gasteiger partial charge in [0.2, 0.25) is 10.0 Å². The normalized spacial score (nSPS) is 21.4. The molecule has 0 saturated carbocycles. The van der Waals surface area contributed by atoms with Crippen molar-refractivity contribution in [1.29, 1.82) is 0 Å². The molecule has 1 fully saturated rings. The minimum absolute atomic E-state index is 0.0485. The molecule has 5 nitrogen and oxygen atoms in total. The first-order chi connectivity index (χ1) is 11.2. The molecule has 9 heteroatoms. The fourth-order valence-corrected chi connectivity index (χ4v) is 4.83. The summed E-state index contributed by atoms with van der Waals surface area (Å²) in [5, 5.41) is 0. The van der Waals surface area contributed by atoms with Crippen molar-refractivity contribution in [3.8, 4) is 0 Å². The third kappa shape index (κ3) is 3.62. The molecule has 134 valence electrons. The third-order valence-corrected chi connectivity index (χ3v) is 6.05. The predicted molar refractivity (Wildman–Crippen MR) is 79.8 cm³/mol. The zero-order chi connectivity index (χ0) is 18.0. The molecule has 0 radical (unpaired) electrons. The lowest BCUT2D eigenvalue weighted by Gasteiger charge is -2.37. The molecule has 1 aromatic carbocycles. The summed E-state index contributed by atoms with van der Waals surface area (Å²) in [7, 11) is -3.15. The summed E-state index contributed by atoms with van der Waals surface area (Å²) in [4.78, 5) is 10.3. The maximum Gasteiger partial charge on any atom is 0.417 e. The average Bonchev–Trinajstić information content (AvgIpc) is 2.55. The van der Waals surface area contributed by atoms with E-state index < -0.39 is 38.8 Å². The van der Waals surface area contributed by atoms with Gasteiger partial charge in [-0.3, -0.25) is 0 Å². The Morgan fingerprint density at radius 2 is 1.96 bits per heavy atom. The standard InChI is InChI=1S/C15H18F3NO4S/c1-23-13(10-20)12-7-4-5-9-19(12)24(21,22)14-8-3-2-6-11(14)15(16,17)18/h2-3,6,8,10,12-13H,4-5,7,9H2,1H3. The summed E-state index contributed by atoms with van der Waals surface area (Å²) in [5.74, 6) is 0. The van der Waals surface area contributed by atoms with E-state index in [9.17, 15) is 26.4 Å². The Hall–Kier alpha value is -1.45. The van der Waals surface area contributed by atoms with Crippen LogP contribution in [0, 0.1) is 0 Å². The van der Waals surface area contributed by atoms with Crippen LogP contribution in [0.1, 0.15) is 24.8 Å². The number of sulfonamides is 1. The molecular formula is C15H18F3NO4S. The van der Waals surface area contributed by atoms with Gasteiger partial charge in [-0.1, -0.05) is 18.6 Å². The first-order valence-corrected chi connectivity index (χ1v) is 8.83. The number of carbonyl (C=O) groups is 1. The highest BCUT2D eigenvalue weighted by Crippen LogP contribution is 2.37. The maximum absolute atomic E-state index is 13.2.